The number of fused-ring (bicyclic) bond motifs is 1. The molecule has 0 saturated carbocycles. The van der Waals surface area contributed by atoms with Gasteiger partial charge in [0.1, 0.15) is 24.3 Å². The van der Waals surface area contributed by atoms with Gasteiger partial charge in [-0.05, 0) is 55.3 Å². The number of imidazole rings is 1. The first-order valence-electron chi connectivity index (χ1n) is 11.7. The summed E-state index contributed by atoms with van der Waals surface area (Å²) in [5.74, 6) is 1.66. The van der Waals surface area contributed by atoms with Crippen molar-refractivity contribution < 1.29 is 14.6 Å². The number of aliphatic hydroxyl groups is 1. The van der Waals surface area contributed by atoms with Crippen LogP contribution in [0.1, 0.15) is 29.3 Å². The van der Waals surface area contributed by atoms with Crippen molar-refractivity contribution in [2.75, 3.05) is 18.1 Å². The van der Waals surface area contributed by atoms with Gasteiger partial charge in [-0.15, -0.1) is 0 Å². The number of carbonyl (C=O) groups is 1. The van der Waals surface area contributed by atoms with Crippen LogP contribution in [0.4, 0.5) is 5.69 Å². The first kappa shape index (κ1) is 22.2. The van der Waals surface area contributed by atoms with Gasteiger partial charge < -0.3 is 19.3 Å². The van der Waals surface area contributed by atoms with Gasteiger partial charge >= 0.3 is 0 Å². The second-order valence-electron chi connectivity index (χ2n) is 9.04. The number of carbonyl (C=O) groups excluding carboxylic acids is 1. The van der Waals surface area contributed by atoms with E-state index < -0.39 is 6.10 Å². The molecule has 5 rings (SSSR count). The molecule has 1 amide bonds. The van der Waals surface area contributed by atoms with Gasteiger partial charge in [0.05, 0.1) is 17.6 Å². The van der Waals surface area contributed by atoms with Crippen LogP contribution >= 0.6 is 0 Å². The van der Waals surface area contributed by atoms with Crippen molar-refractivity contribution in [1.82, 2.24) is 9.55 Å². The highest BCUT2D eigenvalue weighted by Crippen LogP contribution is 2.33. The van der Waals surface area contributed by atoms with Crippen LogP contribution in [-0.2, 0) is 11.3 Å². The van der Waals surface area contributed by atoms with Gasteiger partial charge in [0.2, 0.25) is 5.91 Å². The van der Waals surface area contributed by atoms with E-state index in [0.29, 0.717) is 19.5 Å². The number of aryl methyl sites for hydroxylation is 2. The van der Waals surface area contributed by atoms with Crippen LogP contribution in [0.25, 0.3) is 11.0 Å². The molecule has 2 heterocycles. The van der Waals surface area contributed by atoms with E-state index in [-0.39, 0.29) is 18.4 Å². The number of rotatable bonds is 7. The molecule has 6 heteroatoms. The fourth-order valence-corrected chi connectivity index (χ4v) is 4.65. The molecule has 1 saturated heterocycles. The normalized spacial score (nSPS) is 16.9. The Kier molecular flexibility index (Phi) is 6.07. The average Bonchev–Trinajstić information content (AvgIpc) is 3.41. The number of ether oxygens (including phenoxy) is 1. The van der Waals surface area contributed by atoms with E-state index in [1.165, 1.54) is 0 Å². The summed E-state index contributed by atoms with van der Waals surface area (Å²) in [6.07, 6.45) is -0.327. The molecular weight excluding hydrogens is 426 g/mol. The van der Waals surface area contributed by atoms with Crippen molar-refractivity contribution in [3.63, 3.8) is 0 Å². The molecule has 3 aromatic carbocycles. The van der Waals surface area contributed by atoms with Gasteiger partial charge in [0.15, 0.2) is 0 Å². The number of anilines is 1. The second kappa shape index (κ2) is 9.31. The zero-order valence-corrected chi connectivity index (χ0v) is 19.5. The van der Waals surface area contributed by atoms with Crippen LogP contribution in [0.5, 0.6) is 5.75 Å². The third kappa shape index (κ3) is 4.41. The van der Waals surface area contributed by atoms with Crippen LogP contribution in [0.2, 0.25) is 0 Å². The summed E-state index contributed by atoms with van der Waals surface area (Å²) in [4.78, 5) is 19.6. The molecule has 174 valence electrons. The Morgan fingerprint density at radius 1 is 1.06 bits per heavy atom. The minimum Gasteiger partial charge on any atom is -0.491 e. The maximum atomic E-state index is 12.8. The van der Waals surface area contributed by atoms with E-state index in [9.17, 15) is 9.90 Å². The van der Waals surface area contributed by atoms with Crippen molar-refractivity contribution in [2.45, 2.75) is 38.8 Å². The molecule has 0 bridgehead atoms. The molecule has 0 aliphatic carbocycles. The number of hydrogen-bond donors (Lipinski definition) is 1. The topological polar surface area (TPSA) is 67.6 Å². The first-order chi connectivity index (χ1) is 16.5. The standard InChI is InChI=1S/C28H29N3O3/c1-19-12-13-20(2)26(14-19)34-18-23(32)17-31-25-11-7-6-10-24(25)29-28(31)21-15-27(33)30(16-21)22-8-4-3-5-9-22/h3-14,21,23,32H,15-18H2,1-2H3/t21-,23+/m1/s1. The Morgan fingerprint density at radius 2 is 1.82 bits per heavy atom. The summed E-state index contributed by atoms with van der Waals surface area (Å²) >= 11 is 0. The summed E-state index contributed by atoms with van der Waals surface area (Å²) in [6, 6.07) is 23.7. The maximum absolute atomic E-state index is 12.8. The molecule has 1 N–H and O–H groups in total. The molecule has 0 spiro atoms. The molecule has 0 unspecified atom stereocenters. The Balaban J connectivity index is 1.38. The SMILES string of the molecule is Cc1ccc(C)c(OC[C@@H](O)Cn2c([C@@H]3CC(=O)N(c4ccccc4)C3)nc3ccccc32)c1. The number of amides is 1. The van der Waals surface area contributed by atoms with E-state index in [0.717, 1.165) is 39.4 Å². The van der Waals surface area contributed by atoms with E-state index in [1.807, 2.05) is 91.5 Å². The summed E-state index contributed by atoms with van der Waals surface area (Å²) in [5, 5.41) is 10.9. The molecule has 34 heavy (non-hydrogen) atoms. The number of benzene rings is 3. The van der Waals surface area contributed by atoms with Gasteiger partial charge in [-0.25, -0.2) is 4.98 Å². The molecule has 4 aromatic rings. The van der Waals surface area contributed by atoms with E-state index in [4.69, 9.17) is 9.72 Å². The minimum absolute atomic E-state index is 0.0489. The fourth-order valence-electron chi connectivity index (χ4n) is 4.65. The monoisotopic (exact) mass is 455 g/mol. The van der Waals surface area contributed by atoms with Crippen molar-refractivity contribution in [1.29, 1.82) is 0 Å². The molecule has 6 nitrogen and oxygen atoms in total. The smallest absolute Gasteiger partial charge is 0.227 e. The average molecular weight is 456 g/mol. The predicted molar refractivity (Wildman–Crippen MR) is 133 cm³/mol. The highest BCUT2D eigenvalue weighted by Gasteiger charge is 2.35. The van der Waals surface area contributed by atoms with Gasteiger partial charge in [-0.3, -0.25) is 4.79 Å². The molecule has 1 aromatic heterocycles. The van der Waals surface area contributed by atoms with Crippen LogP contribution in [0.3, 0.4) is 0 Å². The Bertz CT molecular complexity index is 1320. The fraction of sp³-hybridized carbons (Fsp3) is 0.286. The van der Waals surface area contributed by atoms with Crippen molar-refractivity contribution in [3.05, 3.63) is 89.7 Å². The maximum Gasteiger partial charge on any atom is 0.227 e. The van der Waals surface area contributed by atoms with E-state index in [1.54, 1.807) is 0 Å². The van der Waals surface area contributed by atoms with Crippen LogP contribution in [-0.4, -0.2) is 39.8 Å². The van der Waals surface area contributed by atoms with Crippen molar-refractivity contribution >= 4 is 22.6 Å². The van der Waals surface area contributed by atoms with Gasteiger partial charge in [0.25, 0.3) is 0 Å². The summed E-state index contributed by atoms with van der Waals surface area (Å²) < 4.78 is 8.01. The molecule has 2 atom stereocenters. The highest BCUT2D eigenvalue weighted by molar-refractivity contribution is 5.96. The lowest BCUT2D eigenvalue weighted by Crippen LogP contribution is -2.26. The van der Waals surface area contributed by atoms with Crippen molar-refractivity contribution in [2.24, 2.45) is 0 Å². The quantitative estimate of drug-likeness (QED) is 0.442. The first-order valence-corrected chi connectivity index (χ1v) is 11.7. The third-order valence-electron chi connectivity index (χ3n) is 6.41. The number of para-hydroxylation sites is 3. The molecule has 1 fully saturated rings. The lowest BCUT2D eigenvalue weighted by molar-refractivity contribution is -0.117. The second-order valence-corrected chi connectivity index (χ2v) is 9.04. The van der Waals surface area contributed by atoms with E-state index >= 15 is 0 Å². The molecule has 1 aliphatic rings. The third-order valence-corrected chi connectivity index (χ3v) is 6.41. The number of nitrogens with zero attached hydrogens (tertiary/aromatic N) is 3. The van der Waals surface area contributed by atoms with Crippen molar-refractivity contribution in [3.8, 4) is 5.75 Å². The Morgan fingerprint density at radius 3 is 2.65 bits per heavy atom. The molecule has 1 aliphatic heterocycles. The van der Waals surface area contributed by atoms with Crippen LogP contribution in [0, 0.1) is 13.8 Å². The molecule has 0 radical (unpaired) electrons. The van der Waals surface area contributed by atoms with E-state index in [2.05, 4.69) is 4.57 Å². The number of hydrogen-bond acceptors (Lipinski definition) is 4. The summed E-state index contributed by atoms with van der Waals surface area (Å²) in [6.45, 7) is 5.11. The lowest BCUT2D eigenvalue weighted by Gasteiger charge is -2.19. The highest BCUT2D eigenvalue weighted by atomic mass is 16.5. The minimum atomic E-state index is -0.724. The molecular formula is C28H29N3O3. The van der Waals surface area contributed by atoms with Gasteiger partial charge in [-0.1, -0.05) is 42.5 Å². The largest absolute Gasteiger partial charge is 0.491 e. The zero-order valence-electron chi connectivity index (χ0n) is 19.5. The van der Waals surface area contributed by atoms with Crippen LogP contribution in [0.15, 0.2) is 72.8 Å². The zero-order chi connectivity index (χ0) is 23.7. The van der Waals surface area contributed by atoms with Gasteiger partial charge in [0, 0.05) is 24.6 Å². The van der Waals surface area contributed by atoms with Gasteiger partial charge in [-0.2, -0.15) is 0 Å². The summed E-state index contributed by atoms with van der Waals surface area (Å²) in [7, 11) is 0. The summed E-state index contributed by atoms with van der Waals surface area (Å²) in [5.41, 5.74) is 4.88. The van der Waals surface area contributed by atoms with Crippen LogP contribution < -0.4 is 9.64 Å². The number of aromatic nitrogens is 2. The number of aliphatic hydroxyl groups excluding tert-OH is 1. The predicted octanol–water partition coefficient (Wildman–Crippen LogP) is 4.61. The lowest BCUT2D eigenvalue weighted by atomic mass is 10.1. The Hall–Kier alpha value is -3.64. The Labute approximate surface area is 199 Å².